The summed E-state index contributed by atoms with van der Waals surface area (Å²) in [4.78, 5) is 24.2. The minimum atomic E-state index is -0.415. The van der Waals surface area contributed by atoms with Gasteiger partial charge in [-0.2, -0.15) is 0 Å². The summed E-state index contributed by atoms with van der Waals surface area (Å²) in [5.41, 5.74) is 6.83. The number of nitrogens with zero attached hydrogens (tertiary/aromatic N) is 1. The Morgan fingerprint density at radius 2 is 1.86 bits per heavy atom. The maximum atomic E-state index is 12.3. The van der Waals surface area contributed by atoms with Gasteiger partial charge in [0, 0.05) is 11.1 Å². The molecule has 1 aromatic heterocycles. The van der Waals surface area contributed by atoms with Crippen molar-refractivity contribution in [2.45, 2.75) is 33.1 Å². The molecule has 0 unspecified atom stereocenters. The molecule has 0 saturated heterocycles. The van der Waals surface area contributed by atoms with Crippen LogP contribution in [0.25, 0.3) is 0 Å². The smallest absolute Gasteiger partial charge is 0.269 e. The number of hydrazine groups is 1. The standard InChI is InChI=1S/C16H19N3O3/c1-4-13(14-10(2)19-22-11(14)3)16(21)18-17-15(20)12-8-6-5-7-9-12/h5-9,13H,4H2,1-3H3,(H,17,20)(H,18,21)/t13-/m1/s1. The molecule has 0 aliphatic carbocycles. The predicted molar refractivity (Wildman–Crippen MR) is 81.1 cm³/mol. The van der Waals surface area contributed by atoms with Gasteiger partial charge in [0.1, 0.15) is 5.76 Å². The molecule has 0 bridgehead atoms. The second-order valence-electron chi connectivity index (χ2n) is 5.01. The first-order chi connectivity index (χ1) is 10.5. The molecule has 116 valence electrons. The van der Waals surface area contributed by atoms with E-state index in [1.165, 1.54) is 0 Å². The van der Waals surface area contributed by atoms with Crippen molar-refractivity contribution in [1.29, 1.82) is 0 Å². The molecule has 2 rings (SSSR count). The molecule has 1 aromatic carbocycles. The Balaban J connectivity index is 2.03. The van der Waals surface area contributed by atoms with Crippen molar-refractivity contribution in [2.75, 3.05) is 0 Å². The maximum Gasteiger partial charge on any atom is 0.269 e. The third-order valence-corrected chi connectivity index (χ3v) is 3.50. The van der Waals surface area contributed by atoms with Crippen LogP contribution in [0.15, 0.2) is 34.9 Å². The lowest BCUT2D eigenvalue weighted by Gasteiger charge is -2.15. The molecular formula is C16H19N3O3. The molecule has 0 aliphatic heterocycles. The Kier molecular flexibility index (Phi) is 4.93. The highest BCUT2D eigenvalue weighted by Gasteiger charge is 2.25. The molecular weight excluding hydrogens is 282 g/mol. The van der Waals surface area contributed by atoms with Gasteiger partial charge >= 0.3 is 0 Å². The van der Waals surface area contributed by atoms with Crippen LogP contribution in [0.2, 0.25) is 0 Å². The molecule has 2 N–H and O–H groups in total. The van der Waals surface area contributed by atoms with Crippen molar-refractivity contribution in [1.82, 2.24) is 16.0 Å². The van der Waals surface area contributed by atoms with E-state index in [9.17, 15) is 9.59 Å². The highest BCUT2D eigenvalue weighted by molar-refractivity contribution is 5.96. The number of benzene rings is 1. The van der Waals surface area contributed by atoms with Gasteiger partial charge in [-0.05, 0) is 32.4 Å². The molecule has 0 aliphatic rings. The molecule has 0 radical (unpaired) electrons. The van der Waals surface area contributed by atoms with Crippen LogP contribution < -0.4 is 10.9 Å². The maximum absolute atomic E-state index is 12.3. The predicted octanol–water partition coefficient (Wildman–Crippen LogP) is 2.25. The number of hydrogen-bond acceptors (Lipinski definition) is 4. The molecule has 6 heteroatoms. The number of carbonyl (C=O) groups is 2. The van der Waals surface area contributed by atoms with Gasteiger partial charge in [0.15, 0.2) is 0 Å². The van der Waals surface area contributed by atoms with E-state index in [-0.39, 0.29) is 11.8 Å². The van der Waals surface area contributed by atoms with Gasteiger partial charge in [-0.1, -0.05) is 30.3 Å². The molecule has 1 atom stereocenters. The number of aromatic nitrogens is 1. The van der Waals surface area contributed by atoms with Crippen LogP contribution in [0.3, 0.4) is 0 Å². The summed E-state index contributed by atoms with van der Waals surface area (Å²) < 4.78 is 5.11. The Hall–Kier alpha value is -2.63. The minimum absolute atomic E-state index is 0.291. The van der Waals surface area contributed by atoms with Gasteiger partial charge in [0.2, 0.25) is 5.91 Å². The second kappa shape index (κ2) is 6.89. The van der Waals surface area contributed by atoms with Gasteiger partial charge < -0.3 is 4.52 Å². The number of carbonyl (C=O) groups excluding carboxylic acids is 2. The highest BCUT2D eigenvalue weighted by Crippen LogP contribution is 2.26. The van der Waals surface area contributed by atoms with Crippen molar-refractivity contribution >= 4 is 11.8 Å². The lowest BCUT2D eigenvalue weighted by molar-refractivity contribution is -0.123. The Labute approximate surface area is 128 Å². The van der Waals surface area contributed by atoms with Crippen molar-refractivity contribution in [3.63, 3.8) is 0 Å². The number of amides is 2. The largest absolute Gasteiger partial charge is 0.361 e. The minimum Gasteiger partial charge on any atom is -0.361 e. The lowest BCUT2D eigenvalue weighted by atomic mass is 9.94. The van der Waals surface area contributed by atoms with E-state index < -0.39 is 5.92 Å². The summed E-state index contributed by atoms with van der Waals surface area (Å²) in [6.45, 7) is 5.47. The number of hydrogen-bond donors (Lipinski definition) is 2. The zero-order valence-corrected chi connectivity index (χ0v) is 12.8. The monoisotopic (exact) mass is 301 g/mol. The topological polar surface area (TPSA) is 84.2 Å². The van der Waals surface area contributed by atoms with E-state index in [1.807, 2.05) is 13.0 Å². The summed E-state index contributed by atoms with van der Waals surface area (Å²) in [7, 11) is 0. The molecule has 1 heterocycles. The van der Waals surface area contributed by atoms with E-state index in [1.54, 1.807) is 38.1 Å². The van der Waals surface area contributed by atoms with Crippen molar-refractivity contribution in [3.8, 4) is 0 Å². The number of rotatable bonds is 4. The summed E-state index contributed by atoms with van der Waals surface area (Å²) in [6, 6.07) is 8.69. The fraction of sp³-hybridized carbons (Fsp3) is 0.312. The number of nitrogens with one attached hydrogen (secondary N) is 2. The van der Waals surface area contributed by atoms with E-state index in [0.29, 0.717) is 23.4 Å². The van der Waals surface area contributed by atoms with Crippen LogP contribution in [-0.2, 0) is 4.79 Å². The quantitative estimate of drug-likeness (QED) is 0.848. The zero-order valence-electron chi connectivity index (χ0n) is 12.8. The van der Waals surface area contributed by atoms with E-state index in [4.69, 9.17) is 4.52 Å². The second-order valence-corrected chi connectivity index (χ2v) is 5.01. The highest BCUT2D eigenvalue weighted by atomic mass is 16.5. The lowest BCUT2D eigenvalue weighted by Crippen LogP contribution is -2.44. The Bertz CT molecular complexity index is 645. The van der Waals surface area contributed by atoms with E-state index >= 15 is 0 Å². The molecule has 6 nitrogen and oxygen atoms in total. The van der Waals surface area contributed by atoms with Gasteiger partial charge in [-0.25, -0.2) is 0 Å². The first-order valence-corrected chi connectivity index (χ1v) is 7.12. The van der Waals surface area contributed by atoms with Crippen LogP contribution in [-0.4, -0.2) is 17.0 Å². The molecule has 0 saturated carbocycles. The molecule has 2 aromatic rings. The van der Waals surface area contributed by atoms with Crippen LogP contribution in [0.5, 0.6) is 0 Å². The first-order valence-electron chi connectivity index (χ1n) is 7.12. The van der Waals surface area contributed by atoms with Crippen molar-refractivity contribution < 1.29 is 14.1 Å². The van der Waals surface area contributed by atoms with Crippen LogP contribution in [0.4, 0.5) is 0 Å². The average Bonchev–Trinajstić information content (AvgIpc) is 2.86. The van der Waals surface area contributed by atoms with E-state index in [2.05, 4.69) is 16.0 Å². The fourth-order valence-electron chi connectivity index (χ4n) is 2.38. The van der Waals surface area contributed by atoms with Gasteiger partial charge in [-0.3, -0.25) is 20.4 Å². The fourth-order valence-corrected chi connectivity index (χ4v) is 2.38. The van der Waals surface area contributed by atoms with Gasteiger partial charge in [0.25, 0.3) is 5.91 Å². The Morgan fingerprint density at radius 1 is 1.18 bits per heavy atom. The summed E-state index contributed by atoms with van der Waals surface area (Å²) >= 11 is 0. The van der Waals surface area contributed by atoms with Crippen molar-refractivity contribution in [3.05, 3.63) is 52.9 Å². The third-order valence-electron chi connectivity index (χ3n) is 3.50. The van der Waals surface area contributed by atoms with Gasteiger partial charge in [-0.15, -0.1) is 0 Å². The summed E-state index contributed by atoms with van der Waals surface area (Å²) in [5, 5.41) is 3.87. The molecule has 0 spiro atoms. The third kappa shape index (κ3) is 3.33. The molecule has 22 heavy (non-hydrogen) atoms. The SMILES string of the molecule is CC[C@@H](C(=O)NNC(=O)c1ccccc1)c1c(C)noc1C. The number of aryl methyl sites for hydroxylation is 2. The normalized spacial score (nSPS) is 11.8. The van der Waals surface area contributed by atoms with Crippen LogP contribution in [0, 0.1) is 13.8 Å². The van der Waals surface area contributed by atoms with Crippen LogP contribution >= 0.6 is 0 Å². The van der Waals surface area contributed by atoms with Crippen molar-refractivity contribution in [2.24, 2.45) is 0 Å². The van der Waals surface area contributed by atoms with Gasteiger partial charge in [0.05, 0.1) is 11.6 Å². The Morgan fingerprint density at radius 3 is 2.41 bits per heavy atom. The zero-order chi connectivity index (χ0) is 16.1. The summed E-state index contributed by atoms with van der Waals surface area (Å²) in [5.74, 6) is -0.444. The summed E-state index contributed by atoms with van der Waals surface area (Å²) in [6.07, 6.45) is 0.579. The van der Waals surface area contributed by atoms with Crippen LogP contribution in [0.1, 0.15) is 46.6 Å². The average molecular weight is 301 g/mol. The van der Waals surface area contributed by atoms with E-state index in [0.717, 1.165) is 5.56 Å². The molecule has 0 fully saturated rings. The molecule has 2 amide bonds. The first kappa shape index (κ1) is 15.8.